The van der Waals surface area contributed by atoms with Crippen molar-refractivity contribution in [1.82, 2.24) is 5.32 Å². The Kier molecular flexibility index (Phi) is 8.38. The van der Waals surface area contributed by atoms with Gasteiger partial charge in [0.25, 0.3) is 0 Å². The van der Waals surface area contributed by atoms with Gasteiger partial charge in [0.1, 0.15) is 0 Å². The maximum absolute atomic E-state index is 11.5. The summed E-state index contributed by atoms with van der Waals surface area (Å²) in [4.78, 5) is 22.1. The molecule has 7 heteroatoms. The minimum atomic E-state index is -0.868. The van der Waals surface area contributed by atoms with Crippen molar-refractivity contribution in [3.8, 4) is 0 Å². The lowest BCUT2D eigenvalue weighted by Gasteiger charge is -2.10. The third-order valence-electron chi connectivity index (χ3n) is 2.38. The van der Waals surface area contributed by atoms with E-state index in [0.717, 1.165) is 10.0 Å². The van der Waals surface area contributed by atoms with Crippen molar-refractivity contribution in [1.29, 1.82) is 0 Å². The van der Waals surface area contributed by atoms with Gasteiger partial charge >= 0.3 is 0 Å². The molecule has 1 aromatic carbocycles. The van der Waals surface area contributed by atoms with Crippen LogP contribution in [0.25, 0.3) is 0 Å². The van der Waals surface area contributed by atoms with Crippen molar-refractivity contribution in [2.45, 2.75) is 18.9 Å². The second-order valence-corrected chi connectivity index (χ2v) is 4.86. The molecule has 5 nitrogen and oxygen atoms in total. The van der Waals surface area contributed by atoms with Crippen LogP contribution in [-0.4, -0.2) is 24.4 Å². The van der Waals surface area contributed by atoms with Gasteiger partial charge < -0.3 is 16.8 Å². The number of nitrogens with one attached hydrogen (secondary N) is 1. The molecule has 0 heterocycles. The Balaban J connectivity index is 0.00000324. The fourth-order valence-corrected chi connectivity index (χ4v) is 1.69. The molecule has 0 fully saturated rings. The van der Waals surface area contributed by atoms with Crippen LogP contribution in [0.15, 0.2) is 28.7 Å². The summed E-state index contributed by atoms with van der Waals surface area (Å²) in [5.74, 6) is -0.934. The molecule has 1 atom stereocenters. The third kappa shape index (κ3) is 7.15. The highest BCUT2D eigenvalue weighted by Crippen LogP contribution is 2.10. The summed E-state index contributed by atoms with van der Waals surface area (Å²) in [5.41, 5.74) is 11.6. The molecule has 1 rings (SSSR count). The third-order valence-corrected chi connectivity index (χ3v) is 2.91. The van der Waals surface area contributed by atoms with E-state index in [2.05, 4.69) is 21.2 Å². The summed E-state index contributed by atoms with van der Waals surface area (Å²) in [6.45, 7) is 0.479. The van der Waals surface area contributed by atoms with Crippen LogP contribution in [0.1, 0.15) is 12.0 Å². The number of nitrogens with two attached hydrogens (primary N) is 2. The lowest BCUT2D eigenvalue weighted by molar-refractivity contribution is -0.126. The molecule has 19 heavy (non-hydrogen) atoms. The van der Waals surface area contributed by atoms with Gasteiger partial charge in [0.2, 0.25) is 11.8 Å². The van der Waals surface area contributed by atoms with E-state index in [0.29, 0.717) is 13.0 Å². The largest absolute Gasteiger partial charge is 0.370 e. The van der Waals surface area contributed by atoms with Gasteiger partial charge in [-0.1, -0.05) is 28.1 Å². The van der Waals surface area contributed by atoms with Crippen LogP contribution in [-0.2, 0) is 16.0 Å². The summed E-state index contributed by atoms with van der Waals surface area (Å²) in [6.07, 6.45) is 0.576. The predicted molar refractivity (Wildman–Crippen MR) is 79.9 cm³/mol. The molecule has 1 aromatic rings. The van der Waals surface area contributed by atoms with Crippen molar-refractivity contribution < 1.29 is 9.59 Å². The van der Waals surface area contributed by atoms with E-state index in [9.17, 15) is 9.59 Å². The van der Waals surface area contributed by atoms with Gasteiger partial charge in [-0.05, 0) is 24.1 Å². The zero-order valence-corrected chi connectivity index (χ0v) is 12.7. The average Bonchev–Trinajstić information content (AvgIpc) is 2.30. The summed E-state index contributed by atoms with van der Waals surface area (Å²) < 4.78 is 1.01. The first-order chi connectivity index (χ1) is 8.49. The van der Waals surface area contributed by atoms with E-state index in [4.69, 9.17) is 11.5 Å². The number of amides is 2. The average molecular weight is 351 g/mol. The number of benzene rings is 1. The summed E-state index contributed by atoms with van der Waals surface area (Å²) in [7, 11) is 0. The summed E-state index contributed by atoms with van der Waals surface area (Å²) in [5, 5.41) is 2.67. The number of carbonyl (C=O) groups is 2. The van der Waals surface area contributed by atoms with Crippen molar-refractivity contribution >= 4 is 40.2 Å². The molecule has 2 amide bonds. The first-order valence-electron chi connectivity index (χ1n) is 5.55. The topological polar surface area (TPSA) is 98.2 Å². The molecular weight excluding hydrogens is 334 g/mol. The van der Waals surface area contributed by atoms with Gasteiger partial charge in [0, 0.05) is 11.0 Å². The second kappa shape index (κ2) is 8.90. The number of primary amides is 1. The highest BCUT2D eigenvalue weighted by Gasteiger charge is 2.14. The van der Waals surface area contributed by atoms with Crippen LogP contribution in [0.3, 0.4) is 0 Å². The Bertz CT molecular complexity index is 425. The Morgan fingerprint density at radius 2 is 1.84 bits per heavy atom. The molecule has 0 aliphatic carbocycles. The first kappa shape index (κ1) is 17.9. The summed E-state index contributed by atoms with van der Waals surface area (Å²) >= 11 is 3.35. The monoisotopic (exact) mass is 349 g/mol. The van der Waals surface area contributed by atoms with E-state index in [-0.39, 0.29) is 24.7 Å². The fraction of sp³-hybridized carbons (Fsp3) is 0.333. The first-order valence-corrected chi connectivity index (χ1v) is 6.34. The molecule has 0 bridgehead atoms. The highest BCUT2D eigenvalue weighted by molar-refractivity contribution is 9.10. The highest BCUT2D eigenvalue weighted by atomic mass is 79.9. The summed E-state index contributed by atoms with van der Waals surface area (Å²) in [6, 6.07) is 6.96. The quantitative estimate of drug-likeness (QED) is 0.705. The van der Waals surface area contributed by atoms with Crippen LogP contribution in [0.4, 0.5) is 0 Å². The van der Waals surface area contributed by atoms with E-state index in [1.54, 1.807) is 0 Å². The van der Waals surface area contributed by atoms with E-state index < -0.39 is 11.9 Å². The zero-order valence-electron chi connectivity index (χ0n) is 10.3. The van der Waals surface area contributed by atoms with Crippen molar-refractivity contribution in [3.05, 3.63) is 34.3 Å². The minimum Gasteiger partial charge on any atom is -0.370 e. The minimum absolute atomic E-state index is 0. The number of hydrogen-bond donors (Lipinski definition) is 3. The van der Waals surface area contributed by atoms with Gasteiger partial charge in [-0.25, -0.2) is 0 Å². The van der Waals surface area contributed by atoms with E-state index in [1.165, 1.54) is 0 Å². The van der Waals surface area contributed by atoms with E-state index in [1.807, 2.05) is 24.3 Å². The van der Waals surface area contributed by atoms with Crippen LogP contribution in [0, 0.1) is 0 Å². The lowest BCUT2D eigenvalue weighted by atomic mass is 10.1. The van der Waals surface area contributed by atoms with E-state index >= 15 is 0 Å². The van der Waals surface area contributed by atoms with Crippen LogP contribution >= 0.6 is 28.3 Å². The van der Waals surface area contributed by atoms with Gasteiger partial charge in [-0.3, -0.25) is 9.59 Å². The molecule has 0 spiro atoms. The maximum Gasteiger partial charge on any atom is 0.237 e. The number of halogens is 2. The van der Waals surface area contributed by atoms with Crippen LogP contribution in [0.5, 0.6) is 0 Å². The molecule has 5 N–H and O–H groups in total. The normalized spacial score (nSPS) is 11.3. The molecule has 1 unspecified atom stereocenters. The molecule has 0 aliphatic heterocycles. The number of hydrogen-bond acceptors (Lipinski definition) is 3. The molecule has 106 valence electrons. The molecule has 0 aromatic heterocycles. The SMILES string of the molecule is Cl.NC(=O)CC(N)C(=O)NCCc1ccc(Br)cc1. The predicted octanol–water partition coefficient (Wildman–Crippen LogP) is 0.732. The van der Waals surface area contributed by atoms with Crippen molar-refractivity contribution in [2.24, 2.45) is 11.5 Å². The van der Waals surface area contributed by atoms with Crippen molar-refractivity contribution in [2.75, 3.05) is 6.54 Å². The number of rotatable bonds is 6. The lowest BCUT2D eigenvalue weighted by Crippen LogP contribution is -2.43. The molecule has 0 radical (unpaired) electrons. The van der Waals surface area contributed by atoms with Gasteiger partial charge in [0.15, 0.2) is 0 Å². The fourth-order valence-electron chi connectivity index (χ4n) is 1.42. The molecule has 0 saturated heterocycles. The van der Waals surface area contributed by atoms with Gasteiger partial charge in [0.05, 0.1) is 12.5 Å². The zero-order chi connectivity index (χ0) is 13.5. The Morgan fingerprint density at radius 3 is 2.37 bits per heavy atom. The molecule has 0 saturated carbocycles. The smallest absolute Gasteiger partial charge is 0.237 e. The standard InChI is InChI=1S/C12H16BrN3O2.ClH/c13-9-3-1-8(2-4-9)5-6-16-12(18)10(14)7-11(15)17;/h1-4,10H,5-7,14H2,(H2,15,17)(H,16,18);1H. The Labute approximate surface area is 126 Å². The van der Waals surface area contributed by atoms with Gasteiger partial charge in [-0.15, -0.1) is 12.4 Å². The maximum atomic E-state index is 11.5. The van der Waals surface area contributed by atoms with Crippen molar-refractivity contribution in [3.63, 3.8) is 0 Å². The molecule has 0 aliphatic rings. The second-order valence-electron chi connectivity index (χ2n) is 3.94. The Hall–Kier alpha value is -1.11. The Morgan fingerprint density at radius 1 is 1.26 bits per heavy atom. The molecular formula is C12H17BrClN3O2. The number of carbonyl (C=O) groups excluding carboxylic acids is 2. The van der Waals surface area contributed by atoms with Gasteiger partial charge in [-0.2, -0.15) is 0 Å². The van der Waals surface area contributed by atoms with Crippen LogP contribution in [0.2, 0.25) is 0 Å². The van der Waals surface area contributed by atoms with Crippen LogP contribution < -0.4 is 16.8 Å².